The highest BCUT2D eigenvalue weighted by Crippen LogP contribution is 2.15. The Balaban J connectivity index is 2.73. The fourth-order valence-corrected chi connectivity index (χ4v) is 3.28. The number of hydrogen-bond acceptors (Lipinski definition) is 4. The highest BCUT2D eigenvalue weighted by molar-refractivity contribution is 7.89. The molecule has 1 rings (SSSR count). The lowest BCUT2D eigenvalue weighted by Crippen LogP contribution is -2.48. The lowest BCUT2D eigenvalue weighted by atomic mass is 10.1. The van der Waals surface area contributed by atoms with Crippen molar-refractivity contribution in [1.82, 2.24) is 9.62 Å². The van der Waals surface area contributed by atoms with E-state index in [1.165, 1.54) is 38.1 Å². The zero-order valence-electron chi connectivity index (χ0n) is 14.7. The van der Waals surface area contributed by atoms with Crippen molar-refractivity contribution < 1.29 is 18.0 Å². The van der Waals surface area contributed by atoms with E-state index in [0.717, 1.165) is 0 Å². The first-order chi connectivity index (χ1) is 10.9. The molecule has 0 saturated carbocycles. The van der Waals surface area contributed by atoms with E-state index >= 15 is 0 Å². The third-order valence-electron chi connectivity index (χ3n) is 3.30. The minimum absolute atomic E-state index is 0.0988. The second kappa shape index (κ2) is 7.76. The Morgan fingerprint density at radius 1 is 1.08 bits per heavy atom. The molecule has 0 heterocycles. The van der Waals surface area contributed by atoms with Crippen molar-refractivity contribution in [1.29, 1.82) is 0 Å². The van der Waals surface area contributed by atoms with Gasteiger partial charge >= 0.3 is 0 Å². The summed E-state index contributed by atoms with van der Waals surface area (Å²) in [6.07, 6.45) is 0. The minimum atomic E-state index is -3.67. The van der Waals surface area contributed by atoms with Gasteiger partial charge in [-0.25, -0.2) is 13.1 Å². The van der Waals surface area contributed by atoms with Crippen LogP contribution in [-0.4, -0.2) is 43.8 Å². The second-order valence-electron chi connectivity index (χ2n) is 6.44. The number of hydrogen-bond donors (Lipinski definition) is 2. The average molecular weight is 355 g/mol. The van der Waals surface area contributed by atoms with Crippen LogP contribution in [0.2, 0.25) is 0 Å². The maximum atomic E-state index is 12.3. The molecule has 0 bridgehead atoms. The summed E-state index contributed by atoms with van der Waals surface area (Å²) < 4.78 is 27.0. The van der Waals surface area contributed by atoms with E-state index < -0.39 is 10.0 Å². The Labute approximate surface area is 143 Å². The molecule has 0 aromatic heterocycles. The predicted molar refractivity (Wildman–Crippen MR) is 93.1 cm³/mol. The SMILES string of the molecule is CC(=O)Nc1ccc(S(=O)(=O)NCCN(C(C)=O)C(C)(C)C)cc1. The molecule has 1 aromatic rings. The lowest BCUT2D eigenvalue weighted by Gasteiger charge is -2.35. The molecule has 2 N–H and O–H groups in total. The number of rotatable bonds is 6. The van der Waals surface area contributed by atoms with Crippen molar-refractivity contribution in [3.8, 4) is 0 Å². The molecular weight excluding hydrogens is 330 g/mol. The maximum Gasteiger partial charge on any atom is 0.240 e. The zero-order valence-corrected chi connectivity index (χ0v) is 15.5. The van der Waals surface area contributed by atoms with Crippen molar-refractivity contribution in [2.75, 3.05) is 18.4 Å². The zero-order chi connectivity index (χ0) is 18.5. The van der Waals surface area contributed by atoms with Gasteiger partial charge in [0, 0.05) is 38.2 Å². The summed E-state index contributed by atoms with van der Waals surface area (Å²) in [7, 11) is -3.67. The van der Waals surface area contributed by atoms with Gasteiger partial charge in [-0.2, -0.15) is 0 Å². The van der Waals surface area contributed by atoms with Crippen LogP contribution < -0.4 is 10.0 Å². The molecule has 24 heavy (non-hydrogen) atoms. The molecule has 8 heteroatoms. The standard InChI is InChI=1S/C16H25N3O4S/c1-12(20)18-14-6-8-15(9-7-14)24(22,23)17-10-11-19(13(2)21)16(3,4)5/h6-9,17H,10-11H2,1-5H3,(H,18,20). The molecule has 7 nitrogen and oxygen atoms in total. The Kier molecular flexibility index (Phi) is 6.50. The molecule has 0 fully saturated rings. The van der Waals surface area contributed by atoms with Crippen LogP contribution in [0.5, 0.6) is 0 Å². The predicted octanol–water partition coefficient (Wildman–Crippen LogP) is 1.57. The smallest absolute Gasteiger partial charge is 0.240 e. The molecule has 0 aliphatic heterocycles. The van der Waals surface area contributed by atoms with Crippen molar-refractivity contribution >= 4 is 27.5 Å². The van der Waals surface area contributed by atoms with E-state index in [0.29, 0.717) is 5.69 Å². The molecule has 2 amide bonds. The van der Waals surface area contributed by atoms with Gasteiger partial charge in [-0.1, -0.05) is 0 Å². The number of carbonyl (C=O) groups is 2. The van der Waals surface area contributed by atoms with Crippen LogP contribution in [0.3, 0.4) is 0 Å². The van der Waals surface area contributed by atoms with Crippen LogP contribution in [0.1, 0.15) is 34.6 Å². The summed E-state index contributed by atoms with van der Waals surface area (Å²) in [5, 5.41) is 2.57. The second-order valence-corrected chi connectivity index (χ2v) is 8.21. The summed E-state index contributed by atoms with van der Waals surface area (Å²) in [4.78, 5) is 24.3. The van der Waals surface area contributed by atoms with Gasteiger partial charge in [0.1, 0.15) is 0 Å². The number of benzene rings is 1. The molecule has 0 saturated heterocycles. The monoisotopic (exact) mass is 355 g/mol. The number of nitrogens with one attached hydrogen (secondary N) is 2. The van der Waals surface area contributed by atoms with E-state index in [4.69, 9.17) is 0 Å². The molecule has 0 radical (unpaired) electrons. The number of anilines is 1. The fraction of sp³-hybridized carbons (Fsp3) is 0.500. The fourth-order valence-electron chi connectivity index (χ4n) is 2.26. The van der Waals surface area contributed by atoms with Gasteiger partial charge in [0.15, 0.2) is 0 Å². The molecule has 0 aliphatic rings. The van der Waals surface area contributed by atoms with Crippen LogP contribution in [0.15, 0.2) is 29.2 Å². The van der Waals surface area contributed by atoms with Crippen molar-refractivity contribution in [2.45, 2.75) is 45.1 Å². The number of nitrogens with zero attached hydrogens (tertiary/aromatic N) is 1. The van der Waals surface area contributed by atoms with Gasteiger partial charge in [-0.3, -0.25) is 9.59 Å². The van der Waals surface area contributed by atoms with E-state index in [-0.39, 0.29) is 35.3 Å². The number of sulfonamides is 1. The molecular formula is C16H25N3O4S. The van der Waals surface area contributed by atoms with Crippen molar-refractivity contribution in [2.24, 2.45) is 0 Å². The highest BCUT2D eigenvalue weighted by Gasteiger charge is 2.24. The van der Waals surface area contributed by atoms with E-state index in [1.807, 2.05) is 20.8 Å². The van der Waals surface area contributed by atoms with Crippen LogP contribution in [0.4, 0.5) is 5.69 Å². The minimum Gasteiger partial charge on any atom is -0.337 e. The molecule has 1 aromatic carbocycles. The molecule has 134 valence electrons. The van der Waals surface area contributed by atoms with Gasteiger partial charge in [-0.05, 0) is 45.0 Å². The first kappa shape index (κ1) is 20.1. The Morgan fingerprint density at radius 2 is 1.62 bits per heavy atom. The summed E-state index contributed by atoms with van der Waals surface area (Å²) in [5.74, 6) is -0.336. The van der Waals surface area contributed by atoms with Crippen LogP contribution >= 0.6 is 0 Å². The summed E-state index contributed by atoms with van der Waals surface area (Å²) in [5.41, 5.74) is 0.147. The molecule has 0 unspecified atom stereocenters. The summed E-state index contributed by atoms with van der Waals surface area (Å²) in [6.45, 7) is 8.91. The van der Waals surface area contributed by atoms with Gasteiger partial charge in [0.25, 0.3) is 0 Å². The number of carbonyl (C=O) groups excluding carboxylic acids is 2. The van der Waals surface area contributed by atoms with E-state index in [1.54, 1.807) is 4.90 Å². The largest absolute Gasteiger partial charge is 0.337 e. The number of amides is 2. The van der Waals surface area contributed by atoms with Crippen molar-refractivity contribution in [3.05, 3.63) is 24.3 Å². The Bertz CT molecular complexity index is 691. The van der Waals surface area contributed by atoms with Gasteiger partial charge in [-0.15, -0.1) is 0 Å². The van der Waals surface area contributed by atoms with Crippen LogP contribution in [-0.2, 0) is 19.6 Å². The Morgan fingerprint density at radius 3 is 2.04 bits per heavy atom. The van der Waals surface area contributed by atoms with Gasteiger partial charge < -0.3 is 10.2 Å². The summed E-state index contributed by atoms with van der Waals surface area (Å²) in [6, 6.07) is 5.88. The van der Waals surface area contributed by atoms with Crippen LogP contribution in [0.25, 0.3) is 0 Å². The third-order valence-corrected chi connectivity index (χ3v) is 4.78. The average Bonchev–Trinajstić information content (AvgIpc) is 2.41. The van der Waals surface area contributed by atoms with E-state index in [9.17, 15) is 18.0 Å². The molecule has 0 spiro atoms. The third kappa shape index (κ3) is 5.93. The lowest BCUT2D eigenvalue weighted by molar-refractivity contribution is -0.133. The topological polar surface area (TPSA) is 95.6 Å². The molecule has 0 atom stereocenters. The maximum absolute atomic E-state index is 12.3. The van der Waals surface area contributed by atoms with Crippen LogP contribution in [0, 0.1) is 0 Å². The van der Waals surface area contributed by atoms with Gasteiger partial charge in [0.2, 0.25) is 21.8 Å². The van der Waals surface area contributed by atoms with Crippen molar-refractivity contribution in [3.63, 3.8) is 0 Å². The quantitative estimate of drug-likeness (QED) is 0.810. The van der Waals surface area contributed by atoms with Gasteiger partial charge in [0.05, 0.1) is 4.90 Å². The summed E-state index contributed by atoms with van der Waals surface area (Å²) >= 11 is 0. The Hall–Kier alpha value is -1.93. The molecule has 0 aliphatic carbocycles. The normalized spacial score (nSPS) is 11.9. The highest BCUT2D eigenvalue weighted by atomic mass is 32.2. The first-order valence-corrected chi connectivity index (χ1v) is 9.07. The van der Waals surface area contributed by atoms with E-state index in [2.05, 4.69) is 10.0 Å². The first-order valence-electron chi connectivity index (χ1n) is 7.59.